The van der Waals surface area contributed by atoms with Gasteiger partial charge in [-0.15, -0.1) is 0 Å². The van der Waals surface area contributed by atoms with Gasteiger partial charge in [-0.3, -0.25) is 4.98 Å². The molecule has 0 aliphatic heterocycles. The summed E-state index contributed by atoms with van der Waals surface area (Å²) in [6.07, 6.45) is 4.77. The molecular weight excluding hydrogens is 204 g/mol. The third-order valence-corrected chi connectivity index (χ3v) is 3.21. The van der Waals surface area contributed by atoms with Crippen LogP contribution < -0.4 is 5.32 Å². The fourth-order valence-corrected chi connectivity index (χ4v) is 1.91. The van der Waals surface area contributed by atoms with E-state index in [9.17, 15) is 0 Å². The van der Waals surface area contributed by atoms with E-state index < -0.39 is 0 Å². The number of aromatic hydroxyl groups is 1. The lowest BCUT2D eigenvalue weighted by Gasteiger charge is -2.14. The lowest BCUT2D eigenvalue weighted by molar-refractivity contribution is 0.245. The Kier molecular flexibility index (Phi) is 3.41. The zero-order chi connectivity index (χ0) is 11.4. The van der Waals surface area contributed by atoms with Crippen LogP contribution in [0.25, 0.3) is 0 Å². The second-order valence-electron chi connectivity index (χ2n) is 4.58. The molecule has 0 saturated heterocycles. The van der Waals surface area contributed by atoms with Crippen LogP contribution >= 0.6 is 0 Å². The average molecular weight is 222 g/mol. The van der Waals surface area contributed by atoms with E-state index in [-0.39, 0.29) is 12.4 Å². The van der Waals surface area contributed by atoms with Gasteiger partial charge in [-0.1, -0.05) is 0 Å². The van der Waals surface area contributed by atoms with Gasteiger partial charge in [-0.05, 0) is 36.8 Å². The van der Waals surface area contributed by atoms with Crippen molar-refractivity contribution in [2.45, 2.75) is 25.8 Å². The minimum atomic E-state index is 0.197. The summed E-state index contributed by atoms with van der Waals surface area (Å²) in [5, 5.41) is 21.4. The minimum absolute atomic E-state index is 0.197. The number of aromatic nitrogens is 1. The molecule has 0 bridgehead atoms. The summed E-state index contributed by atoms with van der Waals surface area (Å²) in [6.45, 7) is 1.93. The molecule has 4 nitrogen and oxygen atoms in total. The molecule has 3 N–H and O–H groups in total. The van der Waals surface area contributed by atoms with E-state index in [4.69, 9.17) is 10.2 Å². The first-order valence-corrected chi connectivity index (χ1v) is 5.70. The van der Waals surface area contributed by atoms with Crippen LogP contribution in [0.15, 0.2) is 18.3 Å². The van der Waals surface area contributed by atoms with Gasteiger partial charge in [0, 0.05) is 19.7 Å². The largest absolute Gasteiger partial charge is 0.506 e. The molecule has 4 heteroatoms. The van der Waals surface area contributed by atoms with E-state index in [1.165, 1.54) is 19.0 Å². The highest BCUT2D eigenvalue weighted by Crippen LogP contribution is 2.47. The van der Waals surface area contributed by atoms with Crippen molar-refractivity contribution in [3.8, 4) is 5.75 Å². The van der Waals surface area contributed by atoms with Crippen molar-refractivity contribution < 1.29 is 10.2 Å². The highest BCUT2D eigenvalue weighted by Gasteiger charge is 2.41. The van der Waals surface area contributed by atoms with Crippen molar-refractivity contribution in [2.75, 3.05) is 13.2 Å². The monoisotopic (exact) mass is 222 g/mol. The molecule has 1 aliphatic carbocycles. The number of hydrogen-bond donors (Lipinski definition) is 3. The van der Waals surface area contributed by atoms with E-state index in [0.29, 0.717) is 12.0 Å². The Hall–Kier alpha value is -1.13. The maximum absolute atomic E-state index is 9.08. The van der Waals surface area contributed by atoms with E-state index in [0.717, 1.165) is 18.7 Å². The molecule has 1 heterocycles. The lowest BCUT2D eigenvalue weighted by Crippen LogP contribution is -2.24. The Labute approximate surface area is 95.3 Å². The summed E-state index contributed by atoms with van der Waals surface area (Å²) in [6, 6.07) is 3.46. The molecule has 0 unspecified atom stereocenters. The van der Waals surface area contributed by atoms with E-state index in [1.807, 2.05) is 6.07 Å². The smallest absolute Gasteiger partial charge is 0.133 e. The van der Waals surface area contributed by atoms with Gasteiger partial charge in [0.25, 0.3) is 0 Å². The van der Waals surface area contributed by atoms with E-state index >= 15 is 0 Å². The van der Waals surface area contributed by atoms with Crippen LogP contribution in [0.2, 0.25) is 0 Å². The van der Waals surface area contributed by atoms with Crippen molar-refractivity contribution in [2.24, 2.45) is 5.41 Å². The molecule has 1 aromatic heterocycles. The van der Waals surface area contributed by atoms with Crippen molar-refractivity contribution >= 4 is 0 Å². The van der Waals surface area contributed by atoms with Gasteiger partial charge in [-0.25, -0.2) is 0 Å². The molecule has 1 aliphatic rings. The number of nitrogens with zero attached hydrogens (tertiary/aromatic N) is 1. The van der Waals surface area contributed by atoms with Gasteiger partial charge < -0.3 is 15.5 Å². The molecule has 0 amide bonds. The van der Waals surface area contributed by atoms with Crippen LogP contribution in [0, 0.1) is 5.41 Å². The van der Waals surface area contributed by atoms with Crippen LogP contribution in [-0.4, -0.2) is 28.3 Å². The predicted molar refractivity (Wildman–Crippen MR) is 61.0 cm³/mol. The van der Waals surface area contributed by atoms with E-state index in [2.05, 4.69) is 10.3 Å². The Morgan fingerprint density at radius 2 is 2.19 bits per heavy atom. The summed E-state index contributed by atoms with van der Waals surface area (Å²) in [5.41, 5.74) is 1.27. The molecule has 2 rings (SSSR count). The normalized spacial score (nSPS) is 17.3. The fourth-order valence-electron chi connectivity index (χ4n) is 1.91. The van der Waals surface area contributed by atoms with Crippen molar-refractivity contribution in [1.29, 1.82) is 0 Å². The molecule has 1 aromatic rings. The zero-order valence-electron chi connectivity index (χ0n) is 9.32. The molecule has 88 valence electrons. The second kappa shape index (κ2) is 4.80. The van der Waals surface area contributed by atoms with Gasteiger partial charge in [0.05, 0.1) is 11.9 Å². The Morgan fingerprint density at radius 1 is 1.38 bits per heavy atom. The zero-order valence-corrected chi connectivity index (χ0v) is 9.32. The molecule has 16 heavy (non-hydrogen) atoms. The van der Waals surface area contributed by atoms with Gasteiger partial charge in [0.15, 0.2) is 0 Å². The molecule has 0 aromatic carbocycles. The summed E-state index contributed by atoms with van der Waals surface area (Å²) >= 11 is 0. The first kappa shape index (κ1) is 11.4. The predicted octanol–water partition coefficient (Wildman–Crippen LogP) is 1.04. The van der Waals surface area contributed by atoms with Crippen LogP contribution in [-0.2, 0) is 6.54 Å². The van der Waals surface area contributed by atoms with Crippen molar-refractivity contribution in [3.05, 3.63) is 24.0 Å². The Balaban J connectivity index is 1.74. The lowest BCUT2D eigenvalue weighted by atomic mass is 10.0. The maximum atomic E-state index is 9.08. The van der Waals surface area contributed by atoms with Crippen LogP contribution in [0.5, 0.6) is 5.75 Å². The average Bonchev–Trinajstić information content (AvgIpc) is 3.02. The highest BCUT2D eigenvalue weighted by atomic mass is 16.3. The van der Waals surface area contributed by atoms with Gasteiger partial charge in [-0.2, -0.15) is 0 Å². The molecule has 0 spiro atoms. The standard InChI is InChI=1S/C12H18N2O2/c15-6-5-12(3-4-12)9-13-7-10-1-2-11(16)8-14-10/h1-2,8,13,15-16H,3-7,9H2. The van der Waals surface area contributed by atoms with Crippen LogP contribution in [0.4, 0.5) is 0 Å². The first-order valence-electron chi connectivity index (χ1n) is 5.70. The number of nitrogens with one attached hydrogen (secondary N) is 1. The highest BCUT2D eigenvalue weighted by molar-refractivity contribution is 5.17. The quantitative estimate of drug-likeness (QED) is 0.673. The fraction of sp³-hybridized carbons (Fsp3) is 0.583. The summed E-state index contributed by atoms with van der Waals surface area (Å²) in [4.78, 5) is 4.10. The molecule has 1 saturated carbocycles. The minimum Gasteiger partial charge on any atom is -0.506 e. The number of rotatable bonds is 6. The number of hydrogen-bond acceptors (Lipinski definition) is 4. The van der Waals surface area contributed by atoms with Gasteiger partial charge >= 0.3 is 0 Å². The maximum Gasteiger partial charge on any atom is 0.133 e. The third kappa shape index (κ3) is 2.93. The van der Waals surface area contributed by atoms with Crippen LogP contribution in [0.3, 0.4) is 0 Å². The SMILES string of the molecule is OCCC1(CNCc2ccc(O)cn2)CC1. The second-order valence-corrected chi connectivity index (χ2v) is 4.58. The first-order chi connectivity index (χ1) is 7.74. The molecule has 0 radical (unpaired) electrons. The molecule has 0 atom stereocenters. The summed E-state index contributed by atoms with van der Waals surface area (Å²) in [7, 11) is 0. The van der Waals surface area contributed by atoms with Crippen LogP contribution in [0.1, 0.15) is 25.0 Å². The Bertz CT molecular complexity index is 333. The topological polar surface area (TPSA) is 65.4 Å². The van der Waals surface area contributed by atoms with Crippen molar-refractivity contribution in [3.63, 3.8) is 0 Å². The van der Waals surface area contributed by atoms with Gasteiger partial charge in [0.2, 0.25) is 0 Å². The van der Waals surface area contributed by atoms with E-state index in [1.54, 1.807) is 6.07 Å². The number of aliphatic hydroxyl groups excluding tert-OH is 1. The number of aliphatic hydroxyl groups is 1. The summed E-state index contributed by atoms with van der Waals surface area (Å²) < 4.78 is 0. The molecule has 1 fully saturated rings. The number of pyridine rings is 1. The van der Waals surface area contributed by atoms with Gasteiger partial charge in [0.1, 0.15) is 5.75 Å². The Morgan fingerprint density at radius 3 is 2.75 bits per heavy atom. The summed E-state index contributed by atoms with van der Waals surface area (Å²) in [5.74, 6) is 0.197. The van der Waals surface area contributed by atoms with Crippen molar-refractivity contribution in [1.82, 2.24) is 10.3 Å². The molecular formula is C12H18N2O2. The third-order valence-electron chi connectivity index (χ3n) is 3.21.